The molecule has 0 spiro atoms. The summed E-state index contributed by atoms with van der Waals surface area (Å²) >= 11 is 3.72. The van der Waals surface area contributed by atoms with Crippen molar-refractivity contribution in [3.8, 4) is 0 Å². The van der Waals surface area contributed by atoms with Crippen molar-refractivity contribution in [3.05, 3.63) is 34.3 Å². The number of likely N-dealkylation sites (tertiary alicyclic amines) is 1. The van der Waals surface area contributed by atoms with E-state index in [0.29, 0.717) is 6.10 Å². The van der Waals surface area contributed by atoms with Gasteiger partial charge in [-0.05, 0) is 51.2 Å². The van der Waals surface area contributed by atoms with Gasteiger partial charge in [-0.2, -0.15) is 0 Å². The second kappa shape index (κ2) is 10.3. The molecule has 1 aliphatic heterocycles. The highest BCUT2D eigenvalue weighted by Crippen LogP contribution is 2.50. The maximum atomic E-state index is 5.77. The van der Waals surface area contributed by atoms with Gasteiger partial charge in [0, 0.05) is 36.1 Å². The molecule has 3 rings (SSSR count). The second-order valence-electron chi connectivity index (χ2n) is 7.07. The summed E-state index contributed by atoms with van der Waals surface area (Å²) in [5, 5.41) is 3.49. The number of piperidine rings is 1. The number of guanidine groups is 1. The van der Waals surface area contributed by atoms with Crippen molar-refractivity contribution in [1.29, 1.82) is 0 Å². The number of hydrogen-bond donors (Lipinski definition) is 1. The van der Waals surface area contributed by atoms with Gasteiger partial charge in [0.15, 0.2) is 5.96 Å². The molecule has 0 amide bonds. The highest BCUT2D eigenvalue weighted by atomic mass is 127. The zero-order valence-corrected chi connectivity index (χ0v) is 19.8. The molecule has 6 heteroatoms. The van der Waals surface area contributed by atoms with Crippen LogP contribution in [0.25, 0.3) is 0 Å². The first kappa shape index (κ1) is 22.0. The standard InChI is InChI=1S/C20H30BrN3O.HI/c1-3-22-19(24-13-9-16(10-14-24)25-4-2)23-15-20(11-12-20)17-7-5-6-8-18(17)21;/h5-8,16H,3-4,9-15H2,1-2H3,(H,22,23);1H. The molecule has 1 N–H and O–H groups in total. The van der Waals surface area contributed by atoms with Crippen LogP contribution < -0.4 is 5.32 Å². The van der Waals surface area contributed by atoms with Crippen molar-refractivity contribution in [1.82, 2.24) is 10.2 Å². The normalized spacial score (nSPS) is 19.8. The summed E-state index contributed by atoms with van der Waals surface area (Å²) in [6.07, 6.45) is 5.05. The third-order valence-corrected chi connectivity index (χ3v) is 6.00. The van der Waals surface area contributed by atoms with Gasteiger partial charge in [0.05, 0.1) is 12.6 Å². The van der Waals surface area contributed by atoms with Gasteiger partial charge in [0.2, 0.25) is 0 Å². The molecule has 1 aromatic carbocycles. The lowest BCUT2D eigenvalue weighted by molar-refractivity contribution is 0.0263. The van der Waals surface area contributed by atoms with Crippen molar-refractivity contribution in [2.24, 2.45) is 4.99 Å². The SMILES string of the molecule is CCNC(=NCC1(c2ccccc2Br)CC1)N1CCC(OCC)CC1.I. The molecule has 26 heavy (non-hydrogen) atoms. The van der Waals surface area contributed by atoms with E-state index in [1.807, 2.05) is 0 Å². The molecule has 1 aliphatic carbocycles. The van der Waals surface area contributed by atoms with Gasteiger partial charge in [-0.15, -0.1) is 24.0 Å². The summed E-state index contributed by atoms with van der Waals surface area (Å²) < 4.78 is 6.99. The van der Waals surface area contributed by atoms with Gasteiger partial charge in [0.1, 0.15) is 0 Å². The fourth-order valence-corrected chi connectivity index (χ4v) is 4.38. The fourth-order valence-electron chi connectivity index (χ4n) is 3.68. The molecule has 1 saturated carbocycles. The Hall–Kier alpha value is -0.340. The van der Waals surface area contributed by atoms with Crippen molar-refractivity contribution in [3.63, 3.8) is 0 Å². The molecule has 4 nitrogen and oxygen atoms in total. The Morgan fingerprint density at radius 2 is 1.96 bits per heavy atom. The molecule has 0 unspecified atom stereocenters. The number of benzene rings is 1. The minimum Gasteiger partial charge on any atom is -0.378 e. The summed E-state index contributed by atoms with van der Waals surface area (Å²) in [6, 6.07) is 8.60. The highest BCUT2D eigenvalue weighted by molar-refractivity contribution is 14.0. The number of hydrogen-bond acceptors (Lipinski definition) is 2. The molecule has 0 atom stereocenters. The van der Waals surface area contributed by atoms with E-state index in [4.69, 9.17) is 9.73 Å². The molecule has 146 valence electrons. The Balaban J connectivity index is 0.00000243. The third kappa shape index (κ3) is 5.35. The highest BCUT2D eigenvalue weighted by Gasteiger charge is 2.45. The van der Waals surface area contributed by atoms with Crippen LogP contribution in [0.3, 0.4) is 0 Å². The molecule has 2 fully saturated rings. The lowest BCUT2D eigenvalue weighted by atomic mass is 9.96. The third-order valence-electron chi connectivity index (χ3n) is 5.31. The Morgan fingerprint density at radius 1 is 1.27 bits per heavy atom. The van der Waals surface area contributed by atoms with E-state index in [1.54, 1.807) is 0 Å². The molecule has 1 heterocycles. The Kier molecular flexibility index (Phi) is 8.67. The monoisotopic (exact) mass is 535 g/mol. The largest absolute Gasteiger partial charge is 0.378 e. The van der Waals surface area contributed by atoms with E-state index in [-0.39, 0.29) is 29.4 Å². The van der Waals surface area contributed by atoms with E-state index in [1.165, 1.54) is 22.9 Å². The van der Waals surface area contributed by atoms with Crippen molar-refractivity contribution in [2.45, 2.75) is 51.0 Å². The Morgan fingerprint density at radius 3 is 2.54 bits per heavy atom. The van der Waals surface area contributed by atoms with E-state index in [9.17, 15) is 0 Å². The molecule has 1 aromatic rings. The minimum atomic E-state index is 0. The first-order valence-corrected chi connectivity index (χ1v) is 10.4. The zero-order chi connectivity index (χ0) is 17.7. The molecule has 2 aliphatic rings. The average Bonchev–Trinajstić information content (AvgIpc) is 3.41. The molecule has 0 bridgehead atoms. The molecule has 1 saturated heterocycles. The van der Waals surface area contributed by atoms with Crippen LogP contribution in [0.15, 0.2) is 33.7 Å². The summed E-state index contributed by atoms with van der Waals surface area (Å²) in [7, 11) is 0. The number of nitrogens with one attached hydrogen (secondary N) is 1. The summed E-state index contributed by atoms with van der Waals surface area (Å²) in [5.41, 5.74) is 1.63. The first-order valence-electron chi connectivity index (χ1n) is 9.58. The van der Waals surface area contributed by atoms with Crippen LogP contribution in [0.5, 0.6) is 0 Å². The first-order chi connectivity index (χ1) is 12.2. The van der Waals surface area contributed by atoms with E-state index >= 15 is 0 Å². The van der Waals surface area contributed by atoms with E-state index in [0.717, 1.165) is 51.6 Å². The molecule has 0 aromatic heterocycles. The van der Waals surface area contributed by atoms with Crippen LogP contribution in [0.2, 0.25) is 0 Å². The predicted octanol–water partition coefficient (Wildman–Crippen LogP) is 4.57. The molecular formula is C20H31BrIN3O. The summed E-state index contributed by atoms with van der Waals surface area (Å²) in [4.78, 5) is 7.43. The maximum absolute atomic E-state index is 5.77. The van der Waals surface area contributed by atoms with Crippen LogP contribution in [0.4, 0.5) is 0 Å². The topological polar surface area (TPSA) is 36.9 Å². The van der Waals surface area contributed by atoms with Crippen LogP contribution in [0.1, 0.15) is 45.1 Å². The van der Waals surface area contributed by atoms with Crippen LogP contribution in [-0.4, -0.2) is 49.7 Å². The Labute approximate surface area is 183 Å². The number of ether oxygens (including phenoxy) is 1. The summed E-state index contributed by atoms with van der Waals surface area (Å²) in [6.45, 7) is 8.86. The van der Waals surface area contributed by atoms with Gasteiger partial charge in [-0.3, -0.25) is 4.99 Å². The molecular weight excluding hydrogens is 505 g/mol. The van der Waals surface area contributed by atoms with Gasteiger partial charge in [0.25, 0.3) is 0 Å². The number of aliphatic imine (C=N–C) groups is 1. The number of nitrogens with zero attached hydrogens (tertiary/aromatic N) is 2. The minimum absolute atomic E-state index is 0. The quantitative estimate of drug-likeness (QED) is 0.329. The van der Waals surface area contributed by atoms with Crippen molar-refractivity contribution < 1.29 is 4.74 Å². The van der Waals surface area contributed by atoms with Gasteiger partial charge in [-0.1, -0.05) is 34.1 Å². The van der Waals surface area contributed by atoms with Crippen LogP contribution in [0, 0.1) is 0 Å². The lowest BCUT2D eigenvalue weighted by Gasteiger charge is -2.34. The predicted molar refractivity (Wildman–Crippen MR) is 123 cm³/mol. The fraction of sp³-hybridized carbons (Fsp3) is 0.650. The number of halogens is 2. The molecule has 0 radical (unpaired) electrons. The van der Waals surface area contributed by atoms with E-state index < -0.39 is 0 Å². The summed E-state index contributed by atoms with van der Waals surface area (Å²) in [5.74, 6) is 1.07. The lowest BCUT2D eigenvalue weighted by Crippen LogP contribution is -2.47. The van der Waals surface area contributed by atoms with Crippen molar-refractivity contribution in [2.75, 3.05) is 32.8 Å². The zero-order valence-electron chi connectivity index (χ0n) is 15.8. The number of rotatable bonds is 6. The van der Waals surface area contributed by atoms with Crippen LogP contribution >= 0.6 is 39.9 Å². The van der Waals surface area contributed by atoms with Crippen molar-refractivity contribution >= 4 is 45.9 Å². The van der Waals surface area contributed by atoms with Crippen LogP contribution in [-0.2, 0) is 10.2 Å². The maximum Gasteiger partial charge on any atom is 0.193 e. The van der Waals surface area contributed by atoms with Gasteiger partial charge in [-0.25, -0.2) is 0 Å². The Bertz CT molecular complexity index is 598. The van der Waals surface area contributed by atoms with Gasteiger partial charge < -0.3 is 15.0 Å². The van der Waals surface area contributed by atoms with E-state index in [2.05, 4.69) is 64.3 Å². The second-order valence-corrected chi connectivity index (χ2v) is 7.93. The average molecular weight is 536 g/mol. The van der Waals surface area contributed by atoms with Gasteiger partial charge >= 0.3 is 0 Å². The smallest absolute Gasteiger partial charge is 0.193 e.